The maximum atomic E-state index is 13.8. The Labute approximate surface area is 283 Å². The van der Waals surface area contributed by atoms with Gasteiger partial charge in [-0.05, 0) is 43.3 Å². The maximum absolute atomic E-state index is 13.8. The van der Waals surface area contributed by atoms with Crippen molar-refractivity contribution < 1.29 is 21.6 Å². The Morgan fingerprint density at radius 2 is 1.38 bits per heavy atom. The van der Waals surface area contributed by atoms with E-state index in [0.717, 1.165) is 38.3 Å². The average Bonchev–Trinajstić information content (AvgIpc) is 3.80. The Balaban J connectivity index is 1.10. The molecule has 1 unspecified atom stereocenters. The summed E-state index contributed by atoms with van der Waals surface area (Å²) in [6.45, 7) is 12.4. The highest BCUT2D eigenvalue weighted by atomic mass is 35.5. The average molecular weight is 707 g/mol. The van der Waals surface area contributed by atoms with Crippen LogP contribution in [0.1, 0.15) is 25.5 Å². The third kappa shape index (κ3) is 6.64. The van der Waals surface area contributed by atoms with E-state index in [-0.39, 0.29) is 20.9 Å². The number of likely N-dealkylation sites (N-methyl/N-ethyl adjacent to an activating group) is 1. The van der Waals surface area contributed by atoms with E-state index in [4.69, 9.17) is 16.3 Å². The minimum Gasteiger partial charge on any atom is -0.497 e. The number of sulfonamides is 2. The summed E-state index contributed by atoms with van der Waals surface area (Å²) >= 11 is 6.71. The number of hydrogen-bond acceptors (Lipinski definition) is 11. The van der Waals surface area contributed by atoms with E-state index in [2.05, 4.69) is 38.5 Å². The van der Waals surface area contributed by atoms with E-state index in [9.17, 15) is 16.8 Å². The fourth-order valence-corrected chi connectivity index (χ4v) is 10.0. The molecule has 0 N–H and O–H groups in total. The summed E-state index contributed by atoms with van der Waals surface area (Å²) in [7, 11) is -6.18. The zero-order valence-electron chi connectivity index (χ0n) is 27.1. The number of guanidine groups is 2. The quantitative estimate of drug-likeness (QED) is 0.406. The molecule has 0 spiro atoms. The van der Waals surface area contributed by atoms with Gasteiger partial charge >= 0.3 is 0 Å². The lowest BCUT2D eigenvalue weighted by Crippen LogP contribution is -2.53. The number of piperazine rings is 2. The first kappa shape index (κ1) is 33.8. The van der Waals surface area contributed by atoms with Crippen molar-refractivity contribution in [1.82, 2.24) is 28.2 Å². The van der Waals surface area contributed by atoms with E-state index in [1.165, 1.54) is 21.8 Å². The van der Waals surface area contributed by atoms with Crippen LogP contribution in [0.2, 0.25) is 5.02 Å². The molecule has 4 aliphatic rings. The molecule has 0 saturated carbocycles. The van der Waals surface area contributed by atoms with Crippen molar-refractivity contribution in [2.75, 3.05) is 92.2 Å². The van der Waals surface area contributed by atoms with Crippen LogP contribution in [0.3, 0.4) is 0 Å². The molecule has 4 aliphatic heterocycles. The minimum atomic E-state index is -3.89. The number of methoxy groups -OCH3 is 1. The van der Waals surface area contributed by atoms with Gasteiger partial charge in [0, 0.05) is 64.5 Å². The van der Waals surface area contributed by atoms with Gasteiger partial charge < -0.3 is 19.4 Å². The molecule has 0 aromatic heterocycles. The van der Waals surface area contributed by atoms with Crippen LogP contribution < -0.4 is 4.74 Å². The van der Waals surface area contributed by atoms with Crippen LogP contribution in [0.15, 0.2) is 62.2 Å². The zero-order valence-corrected chi connectivity index (χ0v) is 29.5. The monoisotopic (exact) mass is 706 g/mol. The molecule has 2 aromatic carbocycles. The molecule has 0 amide bonds. The number of benzene rings is 2. The summed E-state index contributed by atoms with van der Waals surface area (Å²) in [5, 5.41) is 0.189. The van der Waals surface area contributed by atoms with E-state index in [1.807, 2.05) is 11.0 Å². The van der Waals surface area contributed by atoms with E-state index < -0.39 is 20.0 Å². The van der Waals surface area contributed by atoms with Gasteiger partial charge in [0.15, 0.2) is 0 Å². The highest BCUT2D eigenvalue weighted by molar-refractivity contribution is 7.90. The van der Waals surface area contributed by atoms with Gasteiger partial charge in [0.25, 0.3) is 20.0 Å². The molecule has 2 fully saturated rings. The zero-order chi connectivity index (χ0) is 33.3. The summed E-state index contributed by atoms with van der Waals surface area (Å²) in [4.78, 5) is 18.1. The number of ether oxygens (including phenoxy) is 1. The maximum Gasteiger partial charge on any atom is 0.268 e. The predicted molar refractivity (Wildman–Crippen MR) is 182 cm³/mol. The highest BCUT2D eigenvalue weighted by Crippen LogP contribution is 2.32. The van der Waals surface area contributed by atoms with Crippen LogP contribution in [-0.4, -0.2) is 149 Å². The first-order chi connectivity index (χ1) is 22.5. The van der Waals surface area contributed by atoms with Crippen molar-refractivity contribution in [3.05, 3.63) is 53.1 Å². The Morgan fingerprint density at radius 1 is 0.787 bits per heavy atom. The third-order valence-electron chi connectivity index (χ3n) is 9.44. The van der Waals surface area contributed by atoms with Crippen LogP contribution in [0.25, 0.3) is 0 Å². The molecule has 16 heteroatoms. The number of rotatable bonds is 8. The summed E-state index contributed by atoms with van der Waals surface area (Å²) in [6, 6.07) is 11.6. The second-order valence-electron chi connectivity index (χ2n) is 12.0. The standard InChI is InChI=1S/C31H43ClN8O5S2/c1-4-35-14-16-37(17-15-35)31-34-11-13-40(31)47(43,44)29-9-8-25(22-28(29)32)24(2)36-18-20-38(21-19-36)30-33-10-12-39(30)46(41,42)27-7-5-6-26(23-27)45-3/h5-9,22-24H,4,10-21H2,1-3H3. The Bertz CT molecular complexity index is 1740. The van der Waals surface area contributed by atoms with Gasteiger partial charge in [-0.15, -0.1) is 0 Å². The lowest BCUT2D eigenvalue weighted by atomic mass is 10.1. The van der Waals surface area contributed by atoms with Gasteiger partial charge in [0.05, 0.1) is 43.2 Å². The van der Waals surface area contributed by atoms with Crippen molar-refractivity contribution in [2.24, 2.45) is 9.98 Å². The Morgan fingerprint density at radius 3 is 1.96 bits per heavy atom. The molecular formula is C31H43ClN8O5S2. The van der Waals surface area contributed by atoms with E-state index in [0.29, 0.717) is 70.0 Å². The smallest absolute Gasteiger partial charge is 0.268 e. The Kier molecular flexibility index (Phi) is 9.91. The molecular weight excluding hydrogens is 664 g/mol. The predicted octanol–water partition coefficient (Wildman–Crippen LogP) is 2.09. The van der Waals surface area contributed by atoms with Crippen molar-refractivity contribution in [1.29, 1.82) is 0 Å². The summed E-state index contributed by atoms with van der Waals surface area (Å²) in [5.41, 5.74) is 0.911. The topological polar surface area (TPSA) is 122 Å². The number of hydrogen-bond donors (Lipinski definition) is 0. The minimum absolute atomic E-state index is 0.0349. The third-order valence-corrected chi connectivity index (χ3v) is 13.5. The molecule has 0 radical (unpaired) electrons. The molecule has 6 rings (SSSR count). The van der Waals surface area contributed by atoms with Crippen LogP contribution in [-0.2, 0) is 20.0 Å². The van der Waals surface area contributed by atoms with Crippen LogP contribution in [0, 0.1) is 0 Å². The van der Waals surface area contributed by atoms with Gasteiger partial charge in [0.2, 0.25) is 11.9 Å². The van der Waals surface area contributed by atoms with Crippen LogP contribution in [0.4, 0.5) is 0 Å². The largest absolute Gasteiger partial charge is 0.497 e. The van der Waals surface area contributed by atoms with Gasteiger partial charge in [-0.25, -0.2) is 25.4 Å². The highest BCUT2D eigenvalue weighted by Gasteiger charge is 2.38. The molecule has 2 saturated heterocycles. The molecule has 2 aromatic rings. The second-order valence-corrected chi connectivity index (χ2v) is 16.1. The first-order valence-corrected chi connectivity index (χ1v) is 19.3. The van der Waals surface area contributed by atoms with Crippen molar-refractivity contribution in [3.8, 4) is 5.75 Å². The summed E-state index contributed by atoms with van der Waals surface area (Å²) in [5.74, 6) is 1.46. The normalized spacial score (nSPS) is 20.9. The van der Waals surface area contributed by atoms with Crippen LogP contribution in [0.5, 0.6) is 5.75 Å². The van der Waals surface area contributed by atoms with Gasteiger partial charge in [-0.1, -0.05) is 30.7 Å². The van der Waals surface area contributed by atoms with Gasteiger partial charge in [-0.3, -0.25) is 14.9 Å². The van der Waals surface area contributed by atoms with E-state index in [1.54, 1.807) is 30.3 Å². The molecule has 13 nitrogen and oxygen atoms in total. The fraction of sp³-hybridized carbons (Fsp3) is 0.548. The van der Waals surface area contributed by atoms with Crippen LogP contribution >= 0.6 is 11.6 Å². The molecule has 0 bridgehead atoms. The number of aliphatic imine (C=N–C) groups is 2. The molecule has 1 atom stereocenters. The van der Waals surface area contributed by atoms with Crippen molar-refractivity contribution in [3.63, 3.8) is 0 Å². The molecule has 0 aliphatic carbocycles. The second kappa shape index (κ2) is 13.8. The van der Waals surface area contributed by atoms with Gasteiger partial charge in [0.1, 0.15) is 10.6 Å². The molecule has 256 valence electrons. The lowest BCUT2D eigenvalue weighted by molar-refractivity contribution is 0.136. The Hall–Kier alpha value is -3.11. The molecule has 4 heterocycles. The fourth-order valence-electron chi connectivity index (χ4n) is 6.59. The van der Waals surface area contributed by atoms with Gasteiger partial charge in [-0.2, -0.15) is 0 Å². The first-order valence-electron chi connectivity index (χ1n) is 16.1. The van der Waals surface area contributed by atoms with E-state index >= 15 is 0 Å². The number of nitrogens with zero attached hydrogens (tertiary/aromatic N) is 8. The van der Waals surface area contributed by atoms with Crippen molar-refractivity contribution in [2.45, 2.75) is 29.7 Å². The summed E-state index contributed by atoms with van der Waals surface area (Å²) < 4.78 is 62.8. The molecule has 47 heavy (non-hydrogen) atoms. The lowest BCUT2D eigenvalue weighted by Gasteiger charge is -2.40. The number of halogens is 1. The van der Waals surface area contributed by atoms with Crippen molar-refractivity contribution >= 4 is 43.6 Å². The summed E-state index contributed by atoms with van der Waals surface area (Å²) in [6.07, 6.45) is 0. The SMILES string of the molecule is CCN1CCN(C2=NCCN2S(=O)(=O)c2ccc(C(C)N3CCN(C4=NCCN4S(=O)(=O)c4cccc(OC)c4)CC3)cc2Cl)CC1.